The smallest absolute Gasteiger partial charge is 0.262 e. The molecular formula is C18H22N2O5S. The number of ether oxygens (including phenoxy) is 2. The Morgan fingerprint density at radius 3 is 2.04 bits per heavy atom. The van der Waals surface area contributed by atoms with Crippen molar-refractivity contribution < 1.29 is 22.7 Å². The van der Waals surface area contributed by atoms with Crippen molar-refractivity contribution in [2.45, 2.75) is 11.8 Å². The fourth-order valence-electron chi connectivity index (χ4n) is 2.07. The van der Waals surface area contributed by atoms with E-state index in [-0.39, 0.29) is 17.4 Å². The predicted molar refractivity (Wildman–Crippen MR) is 99.1 cm³/mol. The van der Waals surface area contributed by atoms with Crippen LogP contribution in [-0.2, 0) is 14.8 Å². The maximum Gasteiger partial charge on any atom is 0.262 e. The van der Waals surface area contributed by atoms with Gasteiger partial charge in [-0.25, -0.2) is 12.7 Å². The maximum atomic E-state index is 12.0. The van der Waals surface area contributed by atoms with Crippen LogP contribution in [0.1, 0.15) is 6.92 Å². The highest BCUT2D eigenvalue weighted by molar-refractivity contribution is 7.89. The standard InChI is InChI=1S/C18H22N2O5S/c1-4-24-15-7-5-14(6-8-15)19-18(21)13-25-16-9-11-17(12-10-16)26(22,23)20(2)3/h5-12H,4,13H2,1-3H3,(H,19,21). The van der Waals surface area contributed by atoms with Gasteiger partial charge in [0.2, 0.25) is 10.0 Å². The first kappa shape index (κ1) is 19.7. The summed E-state index contributed by atoms with van der Waals surface area (Å²) in [7, 11) is -0.559. The van der Waals surface area contributed by atoms with Gasteiger partial charge < -0.3 is 14.8 Å². The lowest BCUT2D eigenvalue weighted by Gasteiger charge is -2.12. The molecule has 0 bridgehead atoms. The van der Waals surface area contributed by atoms with Gasteiger partial charge in [-0.1, -0.05) is 0 Å². The third-order valence-electron chi connectivity index (χ3n) is 3.42. The summed E-state index contributed by atoms with van der Waals surface area (Å²) in [5.41, 5.74) is 0.634. The third kappa shape index (κ3) is 5.21. The number of nitrogens with zero attached hydrogens (tertiary/aromatic N) is 1. The highest BCUT2D eigenvalue weighted by atomic mass is 32.2. The summed E-state index contributed by atoms with van der Waals surface area (Å²) in [6.45, 7) is 2.29. The zero-order chi connectivity index (χ0) is 19.2. The number of sulfonamides is 1. The van der Waals surface area contributed by atoms with Crippen LogP contribution in [0.5, 0.6) is 11.5 Å². The summed E-state index contributed by atoms with van der Waals surface area (Å²) >= 11 is 0. The van der Waals surface area contributed by atoms with Gasteiger partial charge in [-0.2, -0.15) is 0 Å². The van der Waals surface area contributed by atoms with Crippen molar-refractivity contribution in [3.05, 3.63) is 48.5 Å². The molecule has 1 N–H and O–H groups in total. The second kappa shape index (κ2) is 8.68. The molecular weight excluding hydrogens is 356 g/mol. The van der Waals surface area contributed by atoms with Gasteiger partial charge in [0, 0.05) is 19.8 Å². The maximum absolute atomic E-state index is 12.0. The first-order valence-electron chi connectivity index (χ1n) is 8.01. The molecule has 0 unspecified atom stereocenters. The molecule has 1 amide bonds. The number of amides is 1. The number of hydrogen-bond acceptors (Lipinski definition) is 5. The lowest BCUT2D eigenvalue weighted by atomic mass is 10.3. The molecule has 0 radical (unpaired) electrons. The first-order valence-corrected chi connectivity index (χ1v) is 9.45. The van der Waals surface area contributed by atoms with Gasteiger partial charge in [0.1, 0.15) is 11.5 Å². The van der Waals surface area contributed by atoms with E-state index < -0.39 is 10.0 Å². The lowest BCUT2D eigenvalue weighted by molar-refractivity contribution is -0.118. The Labute approximate surface area is 153 Å². The molecule has 8 heteroatoms. The molecule has 2 aromatic carbocycles. The summed E-state index contributed by atoms with van der Waals surface area (Å²) in [6.07, 6.45) is 0. The second-order valence-corrected chi connectivity index (χ2v) is 7.70. The van der Waals surface area contributed by atoms with Crippen molar-refractivity contribution in [3.8, 4) is 11.5 Å². The van der Waals surface area contributed by atoms with Crippen LogP contribution in [0.4, 0.5) is 5.69 Å². The average molecular weight is 378 g/mol. The number of nitrogens with one attached hydrogen (secondary N) is 1. The van der Waals surface area contributed by atoms with E-state index in [4.69, 9.17) is 9.47 Å². The zero-order valence-corrected chi connectivity index (χ0v) is 15.7. The first-order chi connectivity index (χ1) is 12.3. The average Bonchev–Trinajstić information content (AvgIpc) is 2.62. The van der Waals surface area contributed by atoms with Crippen LogP contribution >= 0.6 is 0 Å². The number of carbonyl (C=O) groups is 1. The van der Waals surface area contributed by atoms with E-state index in [0.717, 1.165) is 10.1 Å². The third-order valence-corrected chi connectivity index (χ3v) is 5.25. The van der Waals surface area contributed by atoms with Gasteiger partial charge >= 0.3 is 0 Å². The Morgan fingerprint density at radius 1 is 0.962 bits per heavy atom. The molecule has 0 saturated carbocycles. The minimum Gasteiger partial charge on any atom is -0.494 e. The predicted octanol–water partition coefficient (Wildman–Crippen LogP) is 2.35. The summed E-state index contributed by atoms with van der Waals surface area (Å²) in [5, 5.41) is 2.71. The molecule has 0 spiro atoms. The van der Waals surface area contributed by atoms with Crippen LogP contribution in [0, 0.1) is 0 Å². The van der Waals surface area contributed by atoms with Crippen molar-refractivity contribution in [2.24, 2.45) is 0 Å². The minimum atomic E-state index is -3.49. The SMILES string of the molecule is CCOc1ccc(NC(=O)COc2ccc(S(=O)(=O)N(C)C)cc2)cc1. The molecule has 0 aliphatic rings. The van der Waals surface area contributed by atoms with Gasteiger partial charge in [0.05, 0.1) is 11.5 Å². The van der Waals surface area contributed by atoms with Gasteiger partial charge in [0.15, 0.2) is 6.61 Å². The number of hydrogen-bond donors (Lipinski definition) is 1. The molecule has 0 atom stereocenters. The number of rotatable bonds is 8. The monoisotopic (exact) mass is 378 g/mol. The molecule has 2 aromatic rings. The van der Waals surface area contributed by atoms with Gasteiger partial charge in [-0.05, 0) is 55.5 Å². The van der Waals surface area contributed by atoms with E-state index in [9.17, 15) is 13.2 Å². The van der Waals surface area contributed by atoms with E-state index >= 15 is 0 Å². The molecule has 0 aliphatic heterocycles. The summed E-state index contributed by atoms with van der Waals surface area (Å²) in [6, 6.07) is 12.9. The summed E-state index contributed by atoms with van der Waals surface area (Å²) in [4.78, 5) is 12.1. The van der Waals surface area contributed by atoms with Crippen molar-refractivity contribution >= 4 is 21.6 Å². The van der Waals surface area contributed by atoms with Crippen LogP contribution in [0.2, 0.25) is 0 Å². The van der Waals surface area contributed by atoms with Gasteiger partial charge in [-0.3, -0.25) is 4.79 Å². The molecule has 7 nitrogen and oxygen atoms in total. The quantitative estimate of drug-likeness (QED) is 0.762. The highest BCUT2D eigenvalue weighted by Gasteiger charge is 2.16. The van der Waals surface area contributed by atoms with Crippen LogP contribution in [-0.4, -0.2) is 45.9 Å². The molecule has 2 rings (SSSR count). The highest BCUT2D eigenvalue weighted by Crippen LogP contribution is 2.18. The molecule has 0 saturated heterocycles. The van der Waals surface area contributed by atoms with Gasteiger partial charge in [-0.15, -0.1) is 0 Å². The van der Waals surface area contributed by atoms with Crippen molar-refractivity contribution in [2.75, 3.05) is 32.6 Å². The van der Waals surface area contributed by atoms with Crippen LogP contribution in [0.15, 0.2) is 53.4 Å². The normalized spacial score (nSPS) is 11.2. The second-order valence-electron chi connectivity index (χ2n) is 5.55. The Bertz CT molecular complexity index is 831. The van der Waals surface area contributed by atoms with Gasteiger partial charge in [0.25, 0.3) is 5.91 Å². The number of benzene rings is 2. The fourth-order valence-corrected chi connectivity index (χ4v) is 2.97. The molecule has 0 fully saturated rings. The lowest BCUT2D eigenvalue weighted by Crippen LogP contribution is -2.22. The summed E-state index contributed by atoms with van der Waals surface area (Å²) < 4.78 is 35.8. The Morgan fingerprint density at radius 2 is 1.50 bits per heavy atom. The molecule has 0 heterocycles. The van der Waals surface area contributed by atoms with Crippen molar-refractivity contribution in [1.29, 1.82) is 0 Å². The largest absolute Gasteiger partial charge is 0.494 e. The zero-order valence-electron chi connectivity index (χ0n) is 14.9. The molecule has 140 valence electrons. The molecule has 0 aliphatic carbocycles. The molecule has 26 heavy (non-hydrogen) atoms. The minimum absolute atomic E-state index is 0.161. The topological polar surface area (TPSA) is 84.9 Å². The Hall–Kier alpha value is -2.58. The van der Waals surface area contributed by atoms with E-state index in [2.05, 4.69) is 5.32 Å². The van der Waals surface area contributed by atoms with E-state index in [1.54, 1.807) is 24.3 Å². The van der Waals surface area contributed by atoms with E-state index in [0.29, 0.717) is 18.0 Å². The van der Waals surface area contributed by atoms with Crippen LogP contribution in [0.3, 0.4) is 0 Å². The van der Waals surface area contributed by atoms with Crippen molar-refractivity contribution in [1.82, 2.24) is 4.31 Å². The van der Waals surface area contributed by atoms with Crippen molar-refractivity contribution in [3.63, 3.8) is 0 Å². The van der Waals surface area contributed by atoms with E-state index in [1.165, 1.54) is 38.4 Å². The molecule has 0 aromatic heterocycles. The Kier molecular flexibility index (Phi) is 6.59. The van der Waals surface area contributed by atoms with Crippen LogP contribution in [0.25, 0.3) is 0 Å². The number of carbonyl (C=O) groups excluding carboxylic acids is 1. The number of anilines is 1. The fraction of sp³-hybridized carbons (Fsp3) is 0.278. The van der Waals surface area contributed by atoms with E-state index in [1.807, 2.05) is 6.92 Å². The van der Waals surface area contributed by atoms with Crippen LogP contribution < -0.4 is 14.8 Å². The Balaban J connectivity index is 1.89. The summed E-state index contributed by atoms with van der Waals surface area (Å²) in [5.74, 6) is 0.818.